The molecule has 41 heavy (non-hydrogen) atoms. The number of rotatable bonds is 7. The Hall–Kier alpha value is -4.47. The Labute approximate surface area is 231 Å². The van der Waals surface area contributed by atoms with Crippen molar-refractivity contribution in [2.24, 2.45) is 10.9 Å². The Bertz CT molecular complexity index is 2060. The van der Waals surface area contributed by atoms with Gasteiger partial charge in [-0.25, -0.2) is 26.7 Å². The number of primary sulfonamides is 1. The van der Waals surface area contributed by atoms with Gasteiger partial charge in [0.1, 0.15) is 0 Å². The molecule has 0 unspecified atom stereocenters. The van der Waals surface area contributed by atoms with Gasteiger partial charge in [-0.3, -0.25) is 9.52 Å². The van der Waals surface area contributed by atoms with E-state index in [9.17, 15) is 34.8 Å². The highest BCUT2D eigenvalue weighted by Gasteiger charge is 2.31. The number of halogens is 3. The molecule has 15 heteroatoms. The number of amides is 1. The second-order valence-electron chi connectivity index (χ2n) is 9.07. The van der Waals surface area contributed by atoms with Crippen molar-refractivity contribution >= 4 is 53.3 Å². The van der Waals surface area contributed by atoms with Crippen LogP contribution in [0.1, 0.15) is 11.3 Å². The fraction of sp³-hybridized carbons (Fsp3) is 0.0769. The van der Waals surface area contributed by atoms with E-state index in [-0.39, 0.29) is 17.0 Å². The molecule has 5 rings (SSSR count). The number of primary amides is 1. The van der Waals surface area contributed by atoms with E-state index in [0.29, 0.717) is 39.1 Å². The van der Waals surface area contributed by atoms with Crippen LogP contribution in [0.25, 0.3) is 27.4 Å². The number of carbonyl (C=O) groups is 1. The summed E-state index contributed by atoms with van der Waals surface area (Å²) in [7, 11) is -8.38. The molecule has 5 aromatic rings. The van der Waals surface area contributed by atoms with Gasteiger partial charge in [-0.05, 0) is 60.0 Å². The second kappa shape index (κ2) is 9.87. The fourth-order valence-corrected chi connectivity index (χ4v) is 5.98. The lowest BCUT2D eigenvalue weighted by Gasteiger charge is -2.12. The highest BCUT2D eigenvalue weighted by molar-refractivity contribution is 7.92. The van der Waals surface area contributed by atoms with Gasteiger partial charge in [0.05, 0.1) is 38.7 Å². The topological polar surface area (TPSA) is 167 Å². The molecule has 212 valence electrons. The van der Waals surface area contributed by atoms with Crippen molar-refractivity contribution in [1.82, 2.24) is 9.78 Å². The van der Waals surface area contributed by atoms with Gasteiger partial charge in [0.2, 0.25) is 15.9 Å². The van der Waals surface area contributed by atoms with E-state index in [1.54, 1.807) is 18.2 Å². The first-order valence-electron chi connectivity index (χ1n) is 11.7. The molecule has 0 saturated carbocycles. The lowest BCUT2D eigenvalue weighted by atomic mass is 10.0. The lowest BCUT2D eigenvalue weighted by Crippen LogP contribution is -2.14. The molecule has 1 aromatic heterocycles. The highest BCUT2D eigenvalue weighted by Crippen LogP contribution is 2.34. The van der Waals surface area contributed by atoms with Crippen molar-refractivity contribution in [3.05, 3.63) is 90.1 Å². The first kappa shape index (κ1) is 28.1. The van der Waals surface area contributed by atoms with Crippen molar-refractivity contribution in [2.75, 3.05) is 4.72 Å². The summed E-state index contributed by atoms with van der Waals surface area (Å²) in [6, 6.07) is 16.8. The minimum atomic E-state index is -4.73. The number of anilines is 1. The zero-order chi connectivity index (χ0) is 29.7. The van der Waals surface area contributed by atoms with Gasteiger partial charge >= 0.3 is 6.18 Å². The average molecular weight is 604 g/mol. The van der Waals surface area contributed by atoms with Crippen LogP contribution in [0.3, 0.4) is 0 Å². The van der Waals surface area contributed by atoms with Gasteiger partial charge in [0, 0.05) is 16.5 Å². The number of carbonyl (C=O) groups excluding carboxylic acids is 1. The van der Waals surface area contributed by atoms with Crippen molar-refractivity contribution in [2.45, 2.75) is 22.4 Å². The first-order chi connectivity index (χ1) is 19.1. The molecule has 0 saturated heterocycles. The Balaban J connectivity index is 1.66. The largest absolute Gasteiger partial charge is 0.416 e. The highest BCUT2D eigenvalue weighted by atomic mass is 32.2. The van der Waals surface area contributed by atoms with Crippen LogP contribution in [-0.4, -0.2) is 32.5 Å². The molecule has 0 aliphatic heterocycles. The van der Waals surface area contributed by atoms with Crippen molar-refractivity contribution < 1.29 is 34.8 Å². The summed E-state index contributed by atoms with van der Waals surface area (Å²) in [6.45, 7) is 0. The zero-order valence-electron chi connectivity index (χ0n) is 20.8. The third-order valence-electron chi connectivity index (χ3n) is 6.21. The number of aromatic nitrogens is 2. The Morgan fingerprint density at radius 1 is 0.878 bits per heavy atom. The van der Waals surface area contributed by atoms with Crippen LogP contribution in [0, 0.1) is 0 Å². The molecule has 0 aliphatic rings. The maximum Gasteiger partial charge on any atom is 0.416 e. The van der Waals surface area contributed by atoms with Gasteiger partial charge in [-0.2, -0.15) is 18.3 Å². The third kappa shape index (κ3) is 5.59. The number of nitrogens with one attached hydrogen (secondary N) is 1. The number of hydrogen-bond donors (Lipinski definition) is 3. The average Bonchev–Trinajstić information content (AvgIpc) is 3.26. The van der Waals surface area contributed by atoms with Gasteiger partial charge in [0.15, 0.2) is 0 Å². The van der Waals surface area contributed by atoms with Crippen LogP contribution in [0.2, 0.25) is 0 Å². The maximum atomic E-state index is 13.2. The summed E-state index contributed by atoms with van der Waals surface area (Å²) < 4.78 is 92.7. The standard InChI is InChI=1S/C26H20F3N5O5S2/c27-26(28,29)16-2-1-3-20(12-16)41(38,39)33-17-6-4-15-5-11-21-23(14-24(30)35)32-34(25(21)22(15)13-17)18-7-9-19(10-8-18)40(31,36)37/h1-13,33H,14H2,(H2,30,35)(H2,31,36,37). The van der Waals surface area contributed by atoms with E-state index in [1.807, 2.05) is 0 Å². The molecule has 0 spiro atoms. The summed E-state index contributed by atoms with van der Waals surface area (Å²) in [4.78, 5) is 11.0. The molecule has 0 radical (unpaired) electrons. The number of sulfonamides is 2. The molecular weight excluding hydrogens is 583 g/mol. The van der Waals surface area contributed by atoms with Crippen LogP contribution in [0.4, 0.5) is 18.9 Å². The molecule has 10 nitrogen and oxygen atoms in total. The fourth-order valence-electron chi connectivity index (χ4n) is 4.37. The van der Waals surface area contributed by atoms with E-state index < -0.39 is 42.6 Å². The quantitative estimate of drug-likeness (QED) is 0.257. The molecule has 0 bridgehead atoms. The van der Waals surface area contributed by atoms with Crippen molar-refractivity contribution in [3.63, 3.8) is 0 Å². The Morgan fingerprint density at radius 2 is 1.56 bits per heavy atom. The van der Waals surface area contributed by atoms with Crippen LogP contribution >= 0.6 is 0 Å². The predicted octanol–water partition coefficient (Wildman–Crippen LogP) is 3.67. The number of fused-ring (bicyclic) bond motifs is 3. The molecular formula is C26H20F3N5O5S2. The summed E-state index contributed by atoms with van der Waals surface area (Å²) in [5.41, 5.74) is 5.52. The number of nitrogens with two attached hydrogens (primary N) is 2. The van der Waals surface area contributed by atoms with E-state index >= 15 is 0 Å². The minimum absolute atomic E-state index is 0.0520. The van der Waals surface area contributed by atoms with Crippen molar-refractivity contribution in [1.29, 1.82) is 0 Å². The number of alkyl halides is 3. The van der Waals surface area contributed by atoms with Crippen LogP contribution in [-0.2, 0) is 37.4 Å². The normalized spacial score (nSPS) is 12.6. The summed E-state index contributed by atoms with van der Waals surface area (Å²) in [5.74, 6) is -0.649. The van der Waals surface area contributed by atoms with Crippen LogP contribution < -0.4 is 15.6 Å². The summed E-state index contributed by atoms with van der Waals surface area (Å²) in [5, 5.41) is 11.4. The minimum Gasteiger partial charge on any atom is -0.369 e. The zero-order valence-corrected chi connectivity index (χ0v) is 22.4. The van der Waals surface area contributed by atoms with E-state index in [4.69, 9.17) is 10.9 Å². The number of nitrogens with zero attached hydrogens (tertiary/aromatic N) is 2. The molecule has 1 amide bonds. The molecule has 5 N–H and O–H groups in total. The Morgan fingerprint density at radius 3 is 2.20 bits per heavy atom. The molecule has 1 heterocycles. The van der Waals surface area contributed by atoms with Gasteiger partial charge in [-0.1, -0.05) is 24.3 Å². The van der Waals surface area contributed by atoms with Gasteiger partial charge in [0.25, 0.3) is 10.0 Å². The maximum absolute atomic E-state index is 13.2. The molecule has 0 atom stereocenters. The summed E-state index contributed by atoms with van der Waals surface area (Å²) >= 11 is 0. The van der Waals surface area contributed by atoms with E-state index in [0.717, 1.165) is 18.2 Å². The van der Waals surface area contributed by atoms with Gasteiger partial charge in [-0.15, -0.1) is 0 Å². The SMILES string of the molecule is NC(=O)Cc1nn(-c2ccc(S(N)(=O)=O)cc2)c2c1ccc1ccc(NS(=O)(=O)c3cccc(C(F)(F)F)c3)cc12. The van der Waals surface area contributed by atoms with Crippen molar-refractivity contribution in [3.8, 4) is 5.69 Å². The molecule has 0 fully saturated rings. The third-order valence-corrected chi connectivity index (χ3v) is 8.52. The number of hydrogen-bond acceptors (Lipinski definition) is 6. The van der Waals surface area contributed by atoms with Crippen LogP contribution in [0.15, 0.2) is 88.7 Å². The van der Waals surface area contributed by atoms with E-state index in [1.165, 1.54) is 41.1 Å². The monoisotopic (exact) mass is 603 g/mol. The molecule has 0 aliphatic carbocycles. The Kier molecular flexibility index (Phi) is 6.75. The first-order valence-corrected chi connectivity index (χ1v) is 14.7. The smallest absolute Gasteiger partial charge is 0.369 e. The van der Waals surface area contributed by atoms with E-state index in [2.05, 4.69) is 9.82 Å². The van der Waals surface area contributed by atoms with Crippen LogP contribution in [0.5, 0.6) is 0 Å². The predicted molar refractivity (Wildman–Crippen MR) is 145 cm³/mol. The number of benzene rings is 4. The molecule has 4 aromatic carbocycles. The lowest BCUT2D eigenvalue weighted by molar-refractivity contribution is -0.137. The van der Waals surface area contributed by atoms with Gasteiger partial charge < -0.3 is 5.73 Å². The second-order valence-corrected chi connectivity index (χ2v) is 12.3. The summed E-state index contributed by atoms with van der Waals surface area (Å²) in [6.07, 6.45) is -4.94.